The number of ether oxygens (including phenoxy) is 2. The van der Waals surface area contributed by atoms with Crippen LogP contribution in [0.2, 0.25) is 0 Å². The number of hydrogen-bond donors (Lipinski definition) is 0. The van der Waals surface area contributed by atoms with Crippen LogP contribution in [0.3, 0.4) is 0 Å². The summed E-state index contributed by atoms with van der Waals surface area (Å²) >= 11 is 0. The molecule has 3 aromatic carbocycles. The second-order valence-electron chi connectivity index (χ2n) is 6.93. The highest BCUT2D eigenvalue weighted by molar-refractivity contribution is 5.35. The molecule has 0 amide bonds. The van der Waals surface area contributed by atoms with Crippen LogP contribution in [0.25, 0.3) is 0 Å². The summed E-state index contributed by atoms with van der Waals surface area (Å²) in [6, 6.07) is 22.0. The summed E-state index contributed by atoms with van der Waals surface area (Å²) in [6.45, 7) is 0. The van der Waals surface area contributed by atoms with Crippen LogP contribution in [0.5, 0.6) is 0 Å². The Morgan fingerprint density at radius 3 is 1.53 bits per heavy atom. The van der Waals surface area contributed by atoms with Crippen molar-refractivity contribution in [1.29, 1.82) is 0 Å². The summed E-state index contributed by atoms with van der Waals surface area (Å²) < 4.78 is 12.3. The van der Waals surface area contributed by atoms with Crippen molar-refractivity contribution in [2.24, 2.45) is 0 Å². The fourth-order valence-electron chi connectivity index (χ4n) is 3.45. The van der Waals surface area contributed by atoms with Gasteiger partial charge in [0.05, 0.1) is 22.1 Å². The van der Waals surface area contributed by atoms with E-state index in [4.69, 9.17) is 9.47 Å². The molecule has 0 spiro atoms. The molecule has 1 aliphatic heterocycles. The normalized spacial score (nSPS) is 21.1. The highest BCUT2D eigenvalue weighted by Gasteiger charge is 2.33. The Morgan fingerprint density at radius 2 is 1.07 bits per heavy atom. The molecule has 30 heavy (non-hydrogen) atoms. The third-order valence-electron chi connectivity index (χ3n) is 5.03. The summed E-state index contributed by atoms with van der Waals surface area (Å²) in [7, 11) is 0. The lowest BCUT2D eigenvalue weighted by atomic mass is 9.96. The molecule has 4 rings (SSSR count). The van der Waals surface area contributed by atoms with Gasteiger partial charge in [-0.15, -0.1) is 0 Å². The van der Waals surface area contributed by atoms with Crippen molar-refractivity contribution in [2.45, 2.75) is 24.9 Å². The van der Waals surface area contributed by atoms with Crippen molar-refractivity contribution in [3.63, 3.8) is 0 Å². The first kappa shape index (κ1) is 19.7. The molecule has 0 aliphatic carbocycles. The molecule has 0 unspecified atom stereocenters. The lowest BCUT2D eigenvalue weighted by Gasteiger charge is -2.36. The molecule has 1 heterocycles. The Labute approximate surface area is 172 Å². The summed E-state index contributed by atoms with van der Waals surface area (Å²) in [5.74, 6) is 0. The topological polar surface area (TPSA) is 105 Å². The monoisotopic (exact) mass is 406 g/mol. The lowest BCUT2D eigenvalue weighted by molar-refractivity contribution is -0.385. The van der Waals surface area contributed by atoms with Crippen molar-refractivity contribution in [3.8, 4) is 0 Å². The molecule has 1 aliphatic rings. The van der Waals surface area contributed by atoms with Gasteiger partial charge in [-0.1, -0.05) is 30.3 Å². The Balaban J connectivity index is 1.64. The van der Waals surface area contributed by atoms with E-state index in [1.54, 1.807) is 24.3 Å². The zero-order valence-corrected chi connectivity index (χ0v) is 15.8. The van der Waals surface area contributed by atoms with Crippen molar-refractivity contribution in [3.05, 3.63) is 116 Å². The molecule has 8 heteroatoms. The minimum Gasteiger partial charge on any atom is -0.340 e. The fourth-order valence-corrected chi connectivity index (χ4v) is 3.45. The van der Waals surface area contributed by atoms with Gasteiger partial charge in [-0.3, -0.25) is 20.2 Å². The van der Waals surface area contributed by atoms with Gasteiger partial charge in [0, 0.05) is 36.2 Å². The zero-order chi connectivity index (χ0) is 21.1. The Morgan fingerprint density at radius 1 is 0.633 bits per heavy atom. The van der Waals surface area contributed by atoms with E-state index >= 15 is 0 Å². The predicted octanol–water partition coefficient (Wildman–Crippen LogP) is 5.42. The smallest absolute Gasteiger partial charge is 0.269 e. The maximum atomic E-state index is 10.9. The van der Waals surface area contributed by atoms with Crippen molar-refractivity contribution < 1.29 is 19.3 Å². The van der Waals surface area contributed by atoms with Crippen LogP contribution >= 0.6 is 0 Å². The molecule has 3 aromatic rings. The fraction of sp³-hybridized carbons (Fsp3) is 0.182. The highest BCUT2D eigenvalue weighted by atomic mass is 16.7. The molecule has 0 aromatic heterocycles. The number of benzene rings is 3. The van der Waals surface area contributed by atoms with Crippen molar-refractivity contribution in [2.75, 3.05) is 0 Å². The average molecular weight is 406 g/mol. The van der Waals surface area contributed by atoms with E-state index in [1.807, 2.05) is 30.3 Å². The lowest BCUT2D eigenvalue weighted by Crippen LogP contribution is -2.24. The minimum atomic E-state index is -0.732. The van der Waals surface area contributed by atoms with Gasteiger partial charge in [-0.25, -0.2) is 0 Å². The second-order valence-corrected chi connectivity index (χ2v) is 6.93. The number of nitro groups is 2. The van der Waals surface area contributed by atoms with Gasteiger partial charge < -0.3 is 9.47 Å². The standard InChI is InChI=1S/C22H18N2O6/c25-23(26)18-10-6-16(7-11-18)21-14-20(15-4-2-1-3-5-15)29-22(30-21)17-8-12-19(13-9-17)24(27)28/h1-13,20-22H,14H2/t20-,21+,22+/m1/s1. The molecule has 1 saturated heterocycles. The molecular weight excluding hydrogens is 388 g/mol. The van der Waals surface area contributed by atoms with Crippen LogP contribution in [0.1, 0.15) is 41.6 Å². The van der Waals surface area contributed by atoms with Crippen LogP contribution < -0.4 is 0 Å². The van der Waals surface area contributed by atoms with Gasteiger partial charge in [-0.2, -0.15) is 0 Å². The van der Waals surface area contributed by atoms with E-state index in [2.05, 4.69) is 0 Å². The van der Waals surface area contributed by atoms with Gasteiger partial charge in [0.1, 0.15) is 0 Å². The van der Waals surface area contributed by atoms with Crippen LogP contribution in [-0.2, 0) is 9.47 Å². The first-order valence-electron chi connectivity index (χ1n) is 9.36. The van der Waals surface area contributed by atoms with Crippen LogP contribution in [0.4, 0.5) is 11.4 Å². The summed E-state index contributed by atoms with van der Waals surface area (Å²) in [4.78, 5) is 21.0. The molecule has 0 N–H and O–H groups in total. The molecule has 0 radical (unpaired) electrons. The number of nitrogens with zero attached hydrogens (tertiary/aromatic N) is 2. The first-order chi connectivity index (χ1) is 14.5. The molecule has 8 nitrogen and oxygen atoms in total. The number of non-ortho nitro benzene ring substituents is 2. The van der Waals surface area contributed by atoms with Crippen LogP contribution in [-0.4, -0.2) is 9.85 Å². The maximum absolute atomic E-state index is 10.9. The van der Waals surface area contributed by atoms with E-state index in [9.17, 15) is 20.2 Å². The largest absolute Gasteiger partial charge is 0.340 e. The van der Waals surface area contributed by atoms with E-state index in [0.29, 0.717) is 12.0 Å². The van der Waals surface area contributed by atoms with E-state index in [0.717, 1.165) is 11.1 Å². The van der Waals surface area contributed by atoms with Crippen LogP contribution in [0.15, 0.2) is 78.9 Å². The average Bonchev–Trinajstić information content (AvgIpc) is 2.79. The number of rotatable bonds is 5. The zero-order valence-electron chi connectivity index (χ0n) is 15.8. The van der Waals surface area contributed by atoms with Gasteiger partial charge >= 0.3 is 0 Å². The third-order valence-corrected chi connectivity index (χ3v) is 5.03. The number of nitro benzene ring substituents is 2. The quantitative estimate of drug-likeness (QED) is 0.414. The Kier molecular flexibility index (Phi) is 5.51. The Hall–Kier alpha value is -3.62. The Bertz CT molecular complexity index is 972. The summed E-state index contributed by atoms with van der Waals surface area (Å²) in [5, 5.41) is 21.9. The summed E-state index contributed by atoms with van der Waals surface area (Å²) in [5.41, 5.74) is 2.45. The molecule has 1 fully saturated rings. The van der Waals surface area contributed by atoms with Crippen molar-refractivity contribution >= 4 is 11.4 Å². The van der Waals surface area contributed by atoms with Crippen molar-refractivity contribution in [1.82, 2.24) is 0 Å². The van der Waals surface area contributed by atoms with E-state index in [1.165, 1.54) is 24.3 Å². The van der Waals surface area contributed by atoms with Gasteiger partial charge in [0.2, 0.25) is 0 Å². The molecular formula is C22H18N2O6. The molecule has 0 bridgehead atoms. The van der Waals surface area contributed by atoms with E-state index < -0.39 is 16.1 Å². The number of hydrogen-bond acceptors (Lipinski definition) is 6. The SMILES string of the molecule is O=[N+]([O-])c1ccc([C@@H]2O[C@H](c3ccc([N+](=O)[O-])cc3)C[C@H](c3ccccc3)O2)cc1. The predicted molar refractivity (Wildman–Crippen MR) is 108 cm³/mol. The second kappa shape index (κ2) is 8.40. The van der Waals surface area contributed by atoms with Gasteiger partial charge in [0.25, 0.3) is 11.4 Å². The molecule has 152 valence electrons. The maximum Gasteiger partial charge on any atom is 0.269 e. The third kappa shape index (κ3) is 4.19. The summed E-state index contributed by atoms with van der Waals surface area (Å²) in [6.07, 6.45) is -0.819. The highest BCUT2D eigenvalue weighted by Crippen LogP contribution is 2.44. The van der Waals surface area contributed by atoms with Gasteiger partial charge in [-0.05, 0) is 35.4 Å². The van der Waals surface area contributed by atoms with Crippen LogP contribution in [0, 0.1) is 20.2 Å². The molecule has 3 atom stereocenters. The minimum absolute atomic E-state index is 0.0114. The van der Waals surface area contributed by atoms with E-state index in [-0.39, 0.29) is 23.6 Å². The molecule has 0 saturated carbocycles. The first-order valence-corrected chi connectivity index (χ1v) is 9.36. The van der Waals surface area contributed by atoms with Gasteiger partial charge in [0.15, 0.2) is 6.29 Å².